The molecule has 33 heavy (non-hydrogen) atoms. The summed E-state index contributed by atoms with van der Waals surface area (Å²) in [6, 6.07) is 14.3. The smallest absolute Gasteiger partial charge is 0.242 e. The molecule has 2 amide bonds. The second kappa shape index (κ2) is 13.2. The highest BCUT2D eigenvalue weighted by Crippen LogP contribution is 2.20. The van der Waals surface area contributed by atoms with E-state index in [4.69, 9.17) is 9.47 Å². The summed E-state index contributed by atoms with van der Waals surface area (Å²) in [5.74, 6) is -0.134. The molecule has 0 saturated carbocycles. The van der Waals surface area contributed by atoms with Gasteiger partial charge >= 0.3 is 0 Å². The summed E-state index contributed by atoms with van der Waals surface area (Å²) < 4.78 is 12.6. The topological polar surface area (TPSA) is 64.0 Å². The lowest BCUT2D eigenvalue weighted by Crippen LogP contribution is -2.45. The fourth-order valence-electron chi connectivity index (χ4n) is 3.54. The van der Waals surface area contributed by atoms with E-state index in [9.17, 15) is 9.59 Å². The van der Waals surface area contributed by atoms with Gasteiger partial charge in [0.05, 0.1) is 26.3 Å². The lowest BCUT2D eigenvalue weighted by atomic mass is 9.91. The minimum absolute atomic E-state index is 0.0291. The molecule has 0 fully saturated rings. The summed E-state index contributed by atoms with van der Waals surface area (Å²) in [7, 11) is 3.22. The molecule has 1 aromatic carbocycles. The standard InChI is InChI=1S/C26H39N3O4/c1-26(2,3)18-24(30)29(15-17-33-5)21-25(31)28(14-16-32-4)20-23-12-9-13-27(23)19-22-10-7-6-8-11-22/h6-13H,14-21H2,1-5H3. The molecular formula is C26H39N3O4. The minimum atomic E-state index is -0.153. The van der Waals surface area contributed by atoms with Crippen LogP contribution >= 0.6 is 0 Å². The van der Waals surface area contributed by atoms with E-state index in [2.05, 4.69) is 16.7 Å². The van der Waals surface area contributed by atoms with Crippen LogP contribution in [0.15, 0.2) is 48.7 Å². The van der Waals surface area contributed by atoms with Gasteiger partial charge in [0.2, 0.25) is 11.8 Å². The monoisotopic (exact) mass is 457 g/mol. The molecule has 0 bridgehead atoms. The molecule has 0 spiro atoms. The zero-order valence-electron chi connectivity index (χ0n) is 20.8. The van der Waals surface area contributed by atoms with E-state index < -0.39 is 0 Å². The molecule has 7 heteroatoms. The lowest BCUT2D eigenvalue weighted by molar-refractivity contribution is -0.142. The van der Waals surface area contributed by atoms with Crippen molar-refractivity contribution in [2.24, 2.45) is 5.41 Å². The SMILES string of the molecule is COCCN(CC(=O)N(CCOC)Cc1cccn1Cc1ccccc1)C(=O)CC(C)(C)C. The van der Waals surface area contributed by atoms with Crippen LogP contribution in [0.2, 0.25) is 0 Å². The number of aromatic nitrogens is 1. The van der Waals surface area contributed by atoms with Gasteiger partial charge in [-0.1, -0.05) is 51.1 Å². The Hall–Kier alpha value is -2.64. The van der Waals surface area contributed by atoms with Crippen molar-refractivity contribution in [3.05, 3.63) is 59.9 Å². The summed E-state index contributed by atoms with van der Waals surface area (Å²) in [6.07, 6.45) is 2.40. The number of ether oxygens (including phenoxy) is 2. The molecule has 0 unspecified atom stereocenters. The van der Waals surface area contributed by atoms with Gasteiger partial charge in [-0.15, -0.1) is 0 Å². The fraction of sp³-hybridized carbons (Fsp3) is 0.538. The van der Waals surface area contributed by atoms with Crippen molar-refractivity contribution in [1.82, 2.24) is 14.4 Å². The highest BCUT2D eigenvalue weighted by atomic mass is 16.5. The van der Waals surface area contributed by atoms with Crippen molar-refractivity contribution < 1.29 is 19.1 Å². The van der Waals surface area contributed by atoms with Crippen LogP contribution in [0, 0.1) is 5.41 Å². The maximum atomic E-state index is 13.3. The van der Waals surface area contributed by atoms with Gasteiger partial charge in [-0.3, -0.25) is 9.59 Å². The van der Waals surface area contributed by atoms with Crippen LogP contribution in [-0.2, 0) is 32.2 Å². The van der Waals surface area contributed by atoms with Gasteiger partial charge < -0.3 is 23.8 Å². The first kappa shape index (κ1) is 26.6. The van der Waals surface area contributed by atoms with E-state index in [-0.39, 0.29) is 23.8 Å². The van der Waals surface area contributed by atoms with Gasteiger partial charge in [0.1, 0.15) is 0 Å². The molecule has 2 aromatic rings. The van der Waals surface area contributed by atoms with E-state index >= 15 is 0 Å². The average molecular weight is 458 g/mol. The molecule has 0 N–H and O–H groups in total. The summed E-state index contributed by atoms with van der Waals surface area (Å²) >= 11 is 0. The summed E-state index contributed by atoms with van der Waals surface area (Å²) in [5.41, 5.74) is 2.08. The first-order valence-corrected chi connectivity index (χ1v) is 11.4. The van der Waals surface area contributed by atoms with E-state index in [1.165, 1.54) is 5.56 Å². The fourth-order valence-corrected chi connectivity index (χ4v) is 3.54. The Balaban J connectivity index is 2.13. The molecule has 2 rings (SSSR count). The first-order chi connectivity index (χ1) is 15.7. The van der Waals surface area contributed by atoms with Crippen LogP contribution in [0.3, 0.4) is 0 Å². The predicted molar refractivity (Wildman–Crippen MR) is 130 cm³/mol. The summed E-state index contributed by atoms with van der Waals surface area (Å²) in [4.78, 5) is 29.6. The van der Waals surface area contributed by atoms with Crippen molar-refractivity contribution in [3.8, 4) is 0 Å². The number of carbonyl (C=O) groups is 2. The number of methoxy groups -OCH3 is 2. The van der Waals surface area contributed by atoms with Crippen molar-refractivity contribution in [1.29, 1.82) is 0 Å². The van der Waals surface area contributed by atoms with Crippen molar-refractivity contribution >= 4 is 11.8 Å². The Labute approximate surface area is 198 Å². The number of benzene rings is 1. The average Bonchev–Trinajstić information content (AvgIpc) is 3.19. The molecule has 0 saturated heterocycles. The van der Waals surface area contributed by atoms with Crippen molar-refractivity contribution in [3.63, 3.8) is 0 Å². The van der Waals surface area contributed by atoms with E-state index in [1.807, 2.05) is 57.3 Å². The van der Waals surface area contributed by atoms with E-state index in [1.54, 1.807) is 24.0 Å². The summed E-state index contributed by atoms with van der Waals surface area (Å²) in [6.45, 7) is 8.94. The van der Waals surface area contributed by atoms with E-state index in [0.29, 0.717) is 39.3 Å². The van der Waals surface area contributed by atoms with Crippen LogP contribution in [0.25, 0.3) is 0 Å². The van der Waals surface area contributed by atoms with Gasteiger partial charge in [0, 0.05) is 52.2 Å². The number of nitrogens with zero attached hydrogens (tertiary/aromatic N) is 3. The quantitative estimate of drug-likeness (QED) is 0.462. The zero-order valence-corrected chi connectivity index (χ0v) is 20.8. The highest BCUT2D eigenvalue weighted by Gasteiger charge is 2.25. The van der Waals surface area contributed by atoms with Gasteiger partial charge in [0.25, 0.3) is 0 Å². The molecule has 182 valence electrons. The molecule has 0 atom stereocenters. The van der Waals surface area contributed by atoms with Gasteiger partial charge in [-0.2, -0.15) is 0 Å². The third-order valence-corrected chi connectivity index (χ3v) is 5.32. The third kappa shape index (κ3) is 9.40. The normalized spacial score (nSPS) is 11.4. The predicted octanol–water partition coefficient (Wildman–Crippen LogP) is 3.42. The Kier molecular flexibility index (Phi) is 10.6. The molecule has 0 radical (unpaired) electrons. The van der Waals surface area contributed by atoms with E-state index in [0.717, 1.165) is 12.2 Å². The second-order valence-corrected chi connectivity index (χ2v) is 9.47. The molecule has 0 aliphatic rings. The van der Waals surface area contributed by atoms with Gasteiger partial charge in [-0.25, -0.2) is 0 Å². The van der Waals surface area contributed by atoms with Gasteiger partial charge in [-0.05, 0) is 23.1 Å². The van der Waals surface area contributed by atoms with Crippen molar-refractivity contribution in [2.45, 2.75) is 40.3 Å². The number of hydrogen-bond donors (Lipinski definition) is 0. The third-order valence-electron chi connectivity index (χ3n) is 5.32. The molecule has 7 nitrogen and oxygen atoms in total. The molecule has 1 heterocycles. The minimum Gasteiger partial charge on any atom is -0.383 e. The molecule has 1 aromatic heterocycles. The number of rotatable bonds is 13. The van der Waals surface area contributed by atoms with Crippen LogP contribution in [0.5, 0.6) is 0 Å². The molecule has 0 aliphatic carbocycles. The Morgan fingerprint density at radius 3 is 2.12 bits per heavy atom. The highest BCUT2D eigenvalue weighted by molar-refractivity contribution is 5.85. The number of amides is 2. The Bertz CT molecular complexity index is 858. The van der Waals surface area contributed by atoms with Gasteiger partial charge in [0.15, 0.2) is 0 Å². The largest absolute Gasteiger partial charge is 0.383 e. The van der Waals surface area contributed by atoms with Crippen molar-refractivity contribution in [2.75, 3.05) is 47.1 Å². The summed E-state index contributed by atoms with van der Waals surface area (Å²) in [5, 5.41) is 0. The van der Waals surface area contributed by atoms with Crippen LogP contribution < -0.4 is 0 Å². The maximum absolute atomic E-state index is 13.3. The van der Waals surface area contributed by atoms with Crippen LogP contribution in [-0.4, -0.2) is 73.2 Å². The molecular weight excluding hydrogens is 418 g/mol. The number of hydrogen-bond acceptors (Lipinski definition) is 4. The molecule has 0 aliphatic heterocycles. The number of carbonyl (C=O) groups excluding carboxylic acids is 2. The maximum Gasteiger partial charge on any atom is 0.242 e. The Morgan fingerprint density at radius 2 is 1.52 bits per heavy atom. The lowest BCUT2D eigenvalue weighted by Gasteiger charge is -2.29. The van der Waals surface area contributed by atoms with Crippen LogP contribution in [0.4, 0.5) is 0 Å². The zero-order chi connectivity index (χ0) is 24.3. The second-order valence-electron chi connectivity index (χ2n) is 9.47. The van der Waals surface area contributed by atoms with Crippen LogP contribution in [0.1, 0.15) is 38.4 Å². The first-order valence-electron chi connectivity index (χ1n) is 11.4. The Morgan fingerprint density at radius 1 is 0.879 bits per heavy atom.